The number of rotatable bonds is 6. The molecule has 0 aliphatic carbocycles. The van der Waals surface area contributed by atoms with Gasteiger partial charge in [-0.2, -0.15) is 0 Å². The maximum absolute atomic E-state index is 12.2. The molecule has 10 heteroatoms. The van der Waals surface area contributed by atoms with Crippen molar-refractivity contribution in [3.8, 4) is 0 Å². The Hall–Kier alpha value is -0.276. The predicted molar refractivity (Wildman–Crippen MR) is 110 cm³/mol. The van der Waals surface area contributed by atoms with Crippen LogP contribution in [-0.4, -0.2) is 45.0 Å². The van der Waals surface area contributed by atoms with Crippen molar-refractivity contribution >= 4 is 39.2 Å². The maximum atomic E-state index is 12.2. The Morgan fingerprint density at radius 3 is 2.44 bits per heavy atom. The lowest BCUT2D eigenvalue weighted by Gasteiger charge is -2.28. The minimum atomic E-state index is -1.77. The molecule has 1 aromatic rings. The Balaban J connectivity index is 2.23. The number of H-pyrrole nitrogens is 1. The first-order valence-electron chi connectivity index (χ1n) is 8.34. The minimum absolute atomic E-state index is 0.121. The number of halogens is 1. The Morgan fingerprint density at radius 2 is 1.88 bits per heavy atom. The number of aromatic nitrogens is 2. The van der Waals surface area contributed by atoms with Gasteiger partial charge in [0.2, 0.25) is 0 Å². The number of ether oxygens (including phenoxy) is 1. The van der Waals surface area contributed by atoms with Crippen LogP contribution in [0.5, 0.6) is 0 Å². The summed E-state index contributed by atoms with van der Waals surface area (Å²) in [6.45, 7) is 13.2. The molecule has 1 N–H and O–H groups in total. The van der Waals surface area contributed by atoms with Crippen LogP contribution >= 0.6 is 22.6 Å². The maximum Gasteiger partial charge on any atom is 0.330 e. The number of hydrogen-bond donors (Lipinski definition) is 1. The second-order valence-corrected chi connectivity index (χ2v) is 18.3. The fourth-order valence-corrected chi connectivity index (χ4v) is 4.86. The SMILES string of the molecule is C[Si](C)(C)OC[C@H]1O[C@@H](n2cc(I)c(=O)[nH]c2=O)C[C@@H]1O[Si](C)(C)C. The van der Waals surface area contributed by atoms with E-state index in [-0.39, 0.29) is 17.8 Å². The molecular weight excluding hydrogens is 471 g/mol. The second kappa shape index (κ2) is 7.76. The van der Waals surface area contributed by atoms with Gasteiger partial charge >= 0.3 is 5.69 Å². The van der Waals surface area contributed by atoms with E-state index in [2.05, 4.69) is 44.3 Å². The molecule has 3 atom stereocenters. The van der Waals surface area contributed by atoms with E-state index in [4.69, 9.17) is 13.6 Å². The topological polar surface area (TPSA) is 82.5 Å². The highest BCUT2D eigenvalue weighted by Crippen LogP contribution is 2.32. The molecule has 7 nitrogen and oxygen atoms in total. The first-order chi connectivity index (χ1) is 11.4. The molecule has 0 bridgehead atoms. The van der Waals surface area contributed by atoms with Crippen LogP contribution in [0.3, 0.4) is 0 Å². The third-order valence-corrected chi connectivity index (χ3v) is 6.41. The smallest absolute Gasteiger partial charge is 0.330 e. The van der Waals surface area contributed by atoms with Gasteiger partial charge in [0.1, 0.15) is 12.3 Å². The molecule has 0 amide bonds. The number of nitrogens with zero attached hydrogens (tertiary/aromatic N) is 1. The van der Waals surface area contributed by atoms with Crippen LogP contribution in [0.4, 0.5) is 0 Å². The normalized spacial score (nSPS) is 24.7. The summed E-state index contributed by atoms with van der Waals surface area (Å²) in [6.07, 6.45) is 1.30. The first-order valence-corrected chi connectivity index (χ1v) is 16.2. The molecule has 0 aromatic carbocycles. The molecule has 1 saturated heterocycles. The molecule has 1 aliphatic heterocycles. The van der Waals surface area contributed by atoms with E-state index in [0.717, 1.165) is 0 Å². The van der Waals surface area contributed by atoms with Crippen LogP contribution in [0.15, 0.2) is 15.8 Å². The van der Waals surface area contributed by atoms with Crippen molar-refractivity contribution in [2.75, 3.05) is 6.61 Å². The van der Waals surface area contributed by atoms with E-state index in [1.807, 2.05) is 22.6 Å². The van der Waals surface area contributed by atoms with E-state index in [0.29, 0.717) is 16.6 Å². The largest absolute Gasteiger partial charge is 0.415 e. The van der Waals surface area contributed by atoms with Gasteiger partial charge in [-0.05, 0) is 61.9 Å². The molecule has 0 radical (unpaired) electrons. The van der Waals surface area contributed by atoms with Crippen molar-refractivity contribution in [3.05, 3.63) is 30.6 Å². The Morgan fingerprint density at radius 1 is 1.24 bits per heavy atom. The van der Waals surface area contributed by atoms with E-state index in [1.54, 1.807) is 6.20 Å². The number of nitrogens with one attached hydrogen (secondary N) is 1. The molecule has 2 heterocycles. The third-order valence-electron chi connectivity index (χ3n) is 3.60. The Bertz CT molecular complexity index is 722. The molecule has 0 spiro atoms. The molecule has 0 saturated carbocycles. The summed E-state index contributed by atoms with van der Waals surface area (Å²) in [5.74, 6) is 0. The van der Waals surface area contributed by atoms with Gasteiger partial charge in [0, 0.05) is 12.6 Å². The van der Waals surface area contributed by atoms with Crippen LogP contribution in [0.2, 0.25) is 39.3 Å². The van der Waals surface area contributed by atoms with Crippen molar-refractivity contribution in [1.82, 2.24) is 9.55 Å². The number of hydrogen-bond acceptors (Lipinski definition) is 5. The first kappa shape index (κ1) is 21.0. The lowest BCUT2D eigenvalue weighted by Crippen LogP contribution is -2.40. The summed E-state index contributed by atoms with van der Waals surface area (Å²) < 4.78 is 20.3. The van der Waals surface area contributed by atoms with Gasteiger partial charge in [-0.1, -0.05) is 0 Å². The molecular formula is C15H27IN2O5Si2. The van der Waals surface area contributed by atoms with E-state index >= 15 is 0 Å². The van der Waals surface area contributed by atoms with E-state index in [9.17, 15) is 9.59 Å². The van der Waals surface area contributed by atoms with Crippen molar-refractivity contribution in [1.29, 1.82) is 0 Å². The van der Waals surface area contributed by atoms with Gasteiger partial charge in [-0.15, -0.1) is 0 Å². The van der Waals surface area contributed by atoms with Crippen LogP contribution in [0.25, 0.3) is 0 Å². The molecule has 1 aliphatic rings. The highest BCUT2D eigenvalue weighted by molar-refractivity contribution is 14.1. The van der Waals surface area contributed by atoms with Crippen LogP contribution in [0, 0.1) is 3.57 Å². The van der Waals surface area contributed by atoms with Gasteiger partial charge < -0.3 is 13.6 Å². The summed E-state index contributed by atoms with van der Waals surface area (Å²) in [7, 11) is -3.46. The molecule has 2 rings (SSSR count). The summed E-state index contributed by atoms with van der Waals surface area (Å²) in [5, 5.41) is 0. The van der Waals surface area contributed by atoms with Gasteiger partial charge in [0.25, 0.3) is 5.56 Å². The van der Waals surface area contributed by atoms with Crippen molar-refractivity contribution in [3.63, 3.8) is 0 Å². The molecule has 1 aromatic heterocycles. The average molecular weight is 498 g/mol. The Kier molecular flexibility index (Phi) is 6.53. The quantitative estimate of drug-likeness (QED) is 0.482. The zero-order valence-corrected chi connectivity index (χ0v) is 19.7. The summed E-state index contributed by atoms with van der Waals surface area (Å²) in [6, 6.07) is 0. The van der Waals surface area contributed by atoms with Crippen LogP contribution in [0.1, 0.15) is 12.6 Å². The number of aromatic amines is 1. The molecule has 25 heavy (non-hydrogen) atoms. The van der Waals surface area contributed by atoms with Crippen LogP contribution in [-0.2, 0) is 13.6 Å². The van der Waals surface area contributed by atoms with Crippen LogP contribution < -0.4 is 11.2 Å². The summed E-state index contributed by atoms with van der Waals surface area (Å²) in [4.78, 5) is 26.1. The fraction of sp³-hybridized carbons (Fsp3) is 0.733. The van der Waals surface area contributed by atoms with Gasteiger partial charge in [0.15, 0.2) is 16.6 Å². The predicted octanol–water partition coefficient (Wildman–Crippen LogP) is 2.50. The molecule has 142 valence electrons. The van der Waals surface area contributed by atoms with E-state index in [1.165, 1.54) is 4.57 Å². The second-order valence-electron chi connectivity index (χ2n) is 8.20. The third kappa shape index (κ3) is 6.13. The van der Waals surface area contributed by atoms with Gasteiger partial charge in [0.05, 0.1) is 16.3 Å². The van der Waals surface area contributed by atoms with E-state index < -0.39 is 28.6 Å². The summed E-state index contributed by atoms with van der Waals surface area (Å²) in [5.41, 5.74) is -0.845. The zero-order valence-electron chi connectivity index (χ0n) is 15.6. The van der Waals surface area contributed by atoms with Gasteiger partial charge in [-0.3, -0.25) is 14.3 Å². The summed E-state index contributed by atoms with van der Waals surface area (Å²) >= 11 is 1.91. The average Bonchev–Trinajstić information content (AvgIpc) is 2.80. The van der Waals surface area contributed by atoms with Crippen molar-refractivity contribution < 1.29 is 13.6 Å². The zero-order chi connectivity index (χ0) is 19.0. The minimum Gasteiger partial charge on any atom is -0.415 e. The molecule has 1 fully saturated rings. The monoisotopic (exact) mass is 498 g/mol. The van der Waals surface area contributed by atoms with Crippen molar-refractivity contribution in [2.45, 2.75) is 64.1 Å². The lowest BCUT2D eigenvalue weighted by molar-refractivity contribution is -0.0397. The highest BCUT2D eigenvalue weighted by atomic mass is 127. The van der Waals surface area contributed by atoms with Crippen molar-refractivity contribution in [2.24, 2.45) is 0 Å². The standard InChI is InChI=1S/C15H27IN2O5Si2/c1-24(2,3)21-9-12-11(23-25(4,5)6)7-13(22-12)18-8-10(16)14(19)17-15(18)20/h8,11-13H,7,9H2,1-6H3,(H,17,19,20)/t11-,12+,13+/m0/s1. The van der Waals surface area contributed by atoms with Gasteiger partial charge in [-0.25, -0.2) is 4.79 Å². The fourth-order valence-electron chi connectivity index (χ4n) is 2.61. The Labute approximate surface area is 163 Å². The highest BCUT2D eigenvalue weighted by Gasteiger charge is 2.40. The lowest BCUT2D eigenvalue weighted by atomic mass is 10.2. The molecule has 0 unspecified atom stereocenters.